The Labute approximate surface area is 191 Å². The first kappa shape index (κ1) is 24.2. The van der Waals surface area contributed by atoms with Crippen molar-refractivity contribution in [3.8, 4) is 0 Å². The molecule has 1 unspecified atom stereocenters. The van der Waals surface area contributed by atoms with Crippen LogP contribution in [0.25, 0.3) is 0 Å². The van der Waals surface area contributed by atoms with Crippen LogP contribution in [0.5, 0.6) is 0 Å². The summed E-state index contributed by atoms with van der Waals surface area (Å²) in [6.07, 6.45) is 11.2. The van der Waals surface area contributed by atoms with E-state index in [0.29, 0.717) is 5.69 Å². The number of rotatable bonds is 11. The molecule has 1 N–H and O–H groups in total. The van der Waals surface area contributed by atoms with Gasteiger partial charge < -0.3 is 5.32 Å². The Kier molecular flexibility index (Phi) is 8.62. The molecular weight excluding hydrogens is 422 g/mol. The minimum Gasteiger partial charge on any atom is -0.325 e. The van der Waals surface area contributed by atoms with Crippen molar-refractivity contribution in [2.45, 2.75) is 69.6 Å². The first-order valence-electron chi connectivity index (χ1n) is 11.7. The number of nitrogens with one attached hydrogen (secondary N) is 1. The highest BCUT2D eigenvalue weighted by atomic mass is 32.2. The lowest BCUT2D eigenvalue weighted by Crippen LogP contribution is -2.39. The van der Waals surface area contributed by atoms with E-state index < -0.39 is 33.2 Å². The maximum atomic E-state index is 12.7. The second-order valence-electron chi connectivity index (χ2n) is 8.61. The summed E-state index contributed by atoms with van der Waals surface area (Å²) in [4.78, 5) is 25.4. The number of hydrogen-bond acceptors (Lipinski definition) is 4. The number of hydrogen-bond donors (Lipinski definition) is 1. The van der Waals surface area contributed by atoms with E-state index in [4.69, 9.17) is 0 Å². The average Bonchev–Trinajstić information content (AvgIpc) is 2.79. The third-order valence-electron chi connectivity index (χ3n) is 6.05. The van der Waals surface area contributed by atoms with Crippen molar-refractivity contribution in [2.75, 3.05) is 11.1 Å². The van der Waals surface area contributed by atoms with Gasteiger partial charge in [-0.3, -0.25) is 9.59 Å². The zero-order chi connectivity index (χ0) is 23.0. The van der Waals surface area contributed by atoms with E-state index in [-0.39, 0.29) is 10.5 Å². The fraction of sp³-hybridized carbons (Fsp3) is 0.462. The quantitative estimate of drug-likeness (QED) is 0.353. The largest absolute Gasteiger partial charge is 0.325 e. The first-order chi connectivity index (χ1) is 15.4. The van der Waals surface area contributed by atoms with Gasteiger partial charge >= 0.3 is 0 Å². The number of benzene rings is 2. The van der Waals surface area contributed by atoms with E-state index in [2.05, 4.69) is 12.2 Å². The van der Waals surface area contributed by atoms with Crippen LogP contribution >= 0.6 is 0 Å². The molecule has 6 heteroatoms. The third kappa shape index (κ3) is 6.28. The summed E-state index contributed by atoms with van der Waals surface area (Å²) in [7, 11) is -3.67. The maximum absolute atomic E-state index is 12.7. The predicted molar refractivity (Wildman–Crippen MR) is 128 cm³/mol. The van der Waals surface area contributed by atoms with Crippen LogP contribution in [-0.2, 0) is 21.1 Å². The van der Waals surface area contributed by atoms with E-state index in [0.717, 1.165) is 12.8 Å². The van der Waals surface area contributed by atoms with Gasteiger partial charge in [-0.25, -0.2) is 8.42 Å². The molecule has 32 heavy (non-hydrogen) atoms. The van der Waals surface area contributed by atoms with Gasteiger partial charge in [0.05, 0.1) is 10.6 Å². The molecule has 0 saturated heterocycles. The fourth-order valence-corrected chi connectivity index (χ4v) is 5.87. The summed E-state index contributed by atoms with van der Waals surface area (Å²) >= 11 is 0. The molecule has 1 aliphatic heterocycles. The summed E-state index contributed by atoms with van der Waals surface area (Å²) in [5.74, 6) is -2.75. The standard InChI is InChI=1S/C26H33NO4S/c1-2-3-4-5-6-7-8-9-12-20-15-17-21(18-16-20)27-26(29)23-19-32(30,31)24-14-11-10-13-22(24)25(23)28/h10-11,13-18,23H,2-9,12,19H2,1H3,(H,27,29). The van der Waals surface area contributed by atoms with E-state index >= 15 is 0 Å². The molecule has 1 amide bonds. The van der Waals surface area contributed by atoms with Crippen molar-refractivity contribution in [2.24, 2.45) is 5.92 Å². The van der Waals surface area contributed by atoms with Crippen LogP contribution in [0.2, 0.25) is 0 Å². The monoisotopic (exact) mass is 455 g/mol. The highest BCUT2D eigenvalue weighted by molar-refractivity contribution is 7.91. The molecule has 1 atom stereocenters. The van der Waals surface area contributed by atoms with Gasteiger partial charge in [0.25, 0.3) is 0 Å². The number of carbonyl (C=O) groups is 2. The summed E-state index contributed by atoms with van der Waals surface area (Å²) in [5, 5.41) is 2.71. The minimum atomic E-state index is -3.67. The molecule has 1 aliphatic rings. The number of carbonyl (C=O) groups excluding carboxylic acids is 2. The Balaban J connectivity index is 1.49. The molecule has 0 fully saturated rings. The van der Waals surface area contributed by atoms with Gasteiger partial charge in [0, 0.05) is 11.3 Å². The molecule has 0 spiro atoms. The number of fused-ring (bicyclic) bond motifs is 1. The lowest BCUT2D eigenvalue weighted by Gasteiger charge is -2.22. The molecule has 1 heterocycles. The lowest BCUT2D eigenvalue weighted by atomic mass is 9.97. The Morgan fingerprint density at radius 2 is 1.53 bits per heavy atom. The van der Waals surface area contributed by atoms with Crippen LogP contribution in [0.1, 0.15) is 74.2 Å². The Bertz CT molecular complexity index is 1030. The van der Waals surface area contributed by atoms with Crippen LogP contribution in [-0.4, -0.2) is 25.9 Å². The third-order valence-corrected chi connectivity index (χ3v) is 7.85. The van der Waals surface area contributed by atoms with Gasteiger partial charge in [0.1, 0.15) is 5.92 Å². The fourth-order valence-electron chi connectivity index (χ4n) is 4.16. The number of Topliss-reactive ketones (excluding diaryl/α,β-unsaturated/α-hetero) is 1. The smallest absolute Gasteiger partial charge is 0.236 e. The topological polar surface area (TPSA) is 80.3 Å². The van der Waals surface area contributed by atoms with E-state index in [1.165, 1.54) is 62.6 Å². The van der Waals surface area contributed by atoms with Crippen molar-refractivity contribution in [1.82, 2.24) is 0 Å². The molecular formula is C26H33NO4S. The van der Waals surface area contributed by atoms with Gasteiger partial charge in [0.15, 0.2) is 15.6 Å². The van der Waals surface area contributed by atoms with Gasteiger partial charge in [-0.1, -0.05) is 82.2 Å². The van der Waals surface area contributed by atoms with Gasteiger partial charge in [0.2, 0.25) is 5.91 Å². The number of anilines is 1. The van der Waals surface area contributed by atoms with Crippen LogP contribution in [0.15, 0.2) is 53.4 Å². The molecule has 0 aromatic heterocycles. The SMILES string of the molecule is CCCCCCCCCCc1ccc(NC(=O)C2CS(=O)(=O)c3ccccc3C2=O)cc1. The zero-order valence-electron chi connectivity index (χ0n) is 18.8. The van der Waals surface area contributed by atoms with Crippen LogP contribution in [0.4, 0.5) is 5.69 Å². The second-order valence-corrected chi connectivity index (χ2v) is 10.6. The zero-order valence-corrected chi connectivity index (χ0v) is 19.6. The molecule has 2 aromatic carbocycles. The molecule has 172 valence electrons. The lowest BCUT2D eigenvalue weighted by molar-refractivity contribution is -0.118. The van der Waals surface area contributed by atoms with Crippen molar-refractivity contribution in [3.63, 3.8) is 0 Å². The number of sulfone groups is 1. The molecule has 2 aromatic rings. The predicted octanol–water partition coefficient (Wildman–Crippen LogP) is 5.59. The maximum Gasteiger partial charge on any atom is 0.236 e. The number of ketones is 1. The van der Waals surface area contributed by atoms with Crippen LogP contribution in [0.3, 0.4) is 0 Å². The Morgan fingerprint density at radius 3 is 2.22 bits per heavy atom. The van der Waals surface area contributed by atoms with Crippen LogP contribution < -0.4 is 5.32 Å². The summed E-state index contributed by atoms with van der Waals surface area (Å²) in [5.41, 5.74) is 1.87. The molecule has 3 rings (SSSR count). The van der Waals surface area contributed by atoms with Gasteiger partial charge in [-0.2, -0.15) is 0 Å². The van der Waals surface area contributed by atoms with Crippen molar-refractivity contribution in [3.05, 3.63) is 59.7 Å². The second kappa shape index (κ2) is 11.4. The minimum absolute atomic E-state index is 0.0133. The number of unbranched alkanes of at least 4 members (excludes halogenated alkanes) is 7. The van der Waals surface area contributed by atoms with E-state index in [1.807, 2.05) is 24.3 Å². The van der Waals surface area contributed by atoms with Gasteiger partial charge in [-0.05, 0) is 36.6 Å². The van der Waals surface area contributed by atoms with E-state index in [9.17, 15) is 18.0 Å². The Hall–Kier alpha value is -2.47. The molecule has 0 saturated carbocycles. The average molecular weight is 456 g/mol. The van der Waals surface area contributed by atoms with Gasteiger partial charge in [-0.15, -0.1) is 0 Å². The molecule has 0 bridgehead atoms. The van der Waals surface area contributed by atoms with Crippen molar-refractivity contribution < 1.29 is 18.0 Å². The Morgan fingerprint density at radius 1 is 0.906 bits per heavy atom. The summed E-state index contributed by atoms with van der Waals surface area (Å²) in [6.45, 7) is 2.23. The highest BCUT2D eigenvalue weighted by Gasteiger charge is 2.40. The highest BCUT2D eigenvalue weighted by Crippen LogP contribution is 2.29. The number of aryl methyl sites for hydroxylation is 1. The van der Waals surface area contributed by atoms with Crippen molar-refractivity contribution in [1.29, 1.82) is 0 Å². The number of amides is 1. The molecule has 0 aliphatic carbocycles. The summed E-state index contributed by atoms with van der Waals surface area (Å²) < 4.78 is 25.0. The van der Waals surface area contributed by atoms with E-state index in [1.54, 1.807) is 12.1 Å². The van der Waals surface area contributed by atoms with Crippen LogP contribution in [0, 0.1) is 5.92 Å². The molecule has 5 nitrogen and oxygen atoms in total. The van der Waals surface area contributed by atoms with Crippen molar-refractivity contribution >= 4 is 27.2 Å². The first-order valence-corrected chi connectivity index (χ1v) is 13.3. The molecule has 0 radical (unpaired) electrons. The summed E-state index contributed by atoms with van der Waals surface area (Å²) in [6, 6.07) is 13.7. The normalized spacial score (nSPS) is 17.0.